The van der Waals surface area contributed by atoms with Crippen LogP contribution in [0, 0.1) is 5.92 Å². The van der Waals surface area contributed by atoms with Crippen molar-refractivity contribution in [2.75, 3.05) is 13.7 Å². The lowest BCUT2D eigenvalue weighted by Gasteiger charge is -2.25. The zero-order valence-electron chi connectivity index (χ0n) is 10.5. The molecule has 0 spiro atoms. The van der Waals surface area contributed by atoms with Gasteiger partial charge in [-0.1, -0.05) is 45.4 Å². The third-order valence-corrected chi connectivity index (χ3v) is 2.82. The van der Waals surface area contributed by atoms with Crippen molar-refractivity contribution in [1.29, 1.82) is 0 Å². The van der Waals surface area contributed by atoms with Gasteiger partial charge in [0.15, 0.2) is 0 Å². The summed E-state index contributed by atoms with van der Waals surface area (Å²) in [5.74, 6) is -3.23. The zero-order chi connectivity index (χ0) is 12.4. The summed E-state index contributed by atoms with van der Waals surface area (Å²) in [5, 5.41) is 27.2. The first kappa shape index (κ1) is 15.8. The number of ether oxygens (including phenoxy) is 1. The Morgan fingerprint density at radius 3 is 2.06 bits per heavy atom. The van der Waals surface area contributed by atoms with E-state index in [0.717, 1.165) is 12.8 Å². The average molecular weight is 234 g/mol. The molecule has 0 amide bonds. The van der Waals surface area contributed by atoms with Gasteiger partial charge in [-0.2, -0.15) is 0 Å². The molecule has 0 aromatic rings. The van der Waals surface area contributed by atoms with Crippen LogP contribution in [0.15, 0.2) is 0 Å². The Labute approximate surface area is 98.2 Å². The summed E-state index contributed by atoms with van der Waals surface area (Å²) in [6, 6.07) is 0. The second-order valence-corrected chi connectivity index (χ2v) is 4.40. The molecular formula is C12H26O4. The first-order valence-corrected chi connectivity index (χ1v) is 6.18. The molecule has 0 aliphatic rings. The first-order chi connectivity index (χ1) is 7.52. The van der Waals surface area contributed by atoms with Gasteiger partial charge >= 0.3 is 0 Å². The van der Waals surface area contributed by atoms with Gasteiger partial charge in [0.1, 0.15) is 0 Å². The minimum Gasteiger partial charge on any atom is -0.384 e. The highest BCUT2D eigenvalue weighted by atomic mass is 16.7. The quantitative estimate of drug-likeness (QED) is 0.397. The van der Waals surface area contributed by atoms with Crippen molar-refractivity contribution in [3.63, 3.8) is 0 Å². The second-order valence-electron chi connectivity index (χ2n) is 4.40. The SMILES string of the molecule is CCCCCCCCC(COC)C(O)(O)O. The lowest BCUT2D eigenvalue weighted by molar-refractivity contribution is -0.347. The summed E-state index contributed by atoms with van der Waals surface area (Å²) in [7, 11) is 1.49. The van der Waals surface area contributed by atoms with E-state index in [1.165, 1.54) is 32.8 Å². The highest BCUT2D eigenvalue weighted by Crippen LogP contribution is 2.20. The van der Waals surface area contributed by atoms with Crippen LogP contribution in [0.3, 0.4) is 0 Å². The van der Waals surface area contributed by atoms with E-state index in [4.69, 9.17) is 20.1 Å². The van der Waals surface area contributed by atoms with Crippen molar-refractivity contribution < 1.29 is 20.1 Å². The smallest absolute Gasteiger partial charge is 0.280 e. The molecule has 0 fully saturated rings. The fourth-order valence-electron chi connectivity index (χ4n) is 1.76. The topological polar surface area (TPSA) is 69.9 Å². The van der Waals surface area contributed by atoms with Crippen molar-refractivity contribution in [3.05, 3.63) is 0 Å². The Morgan fingerprint density at radius 2 is 1.56 bits per heavy atom. The Hall–Kier alpha value is -0.160. The highest BCUT2D eigenvalue weighted by molar-refractivity contribution is 4.65. The fourth-order valence-corrected chi connectivity index (χ4v) is 1.76. The molecule has 98 valence electrons. The fraction of sp³-hybridized carbons (Fsp3) is 1.00. The molecule has 0 saturated heterocycles. The summed E-state index contributed by atoms with van der Waals surface area (Å²) in [6.45, 7) is 2.34. The molecule has 0 aliphatic carbocycles. The van der Waals surface area contributed by atoms with Gasteiger partial charge in [-0.15, -0.1) is 0 Å². The Morgan fingerprint density at radius 1 is 1.00 bits per heavy atom. The van der Waals surface area contributed by atoms with Crippen LogP contribution < -0.4 is 0 Å². The van der Waals surface area contributed by atoms with Gasteiger partial charge in [-0.25, -0.2) is 0 Å². The normalized spacial score (nSPS) is 14.1. The lowest BCUT2D eigenvalue weighted by atomic mass is 9.99. The van der Waals surface area contributed by atoms with Crippen LogP contribution in [0.5, 0.6) is 0 Å². The average Bonchev–Trinajstić information content (AvgIpc) is 2.20. The highest BCUT2D eigenvalue weighted by Gasteiger charge is 2.31. The molecule has 0 radical (unpaired) electrons. The van der Waals surface area contributed by atoms with Gasteiger partial charge in [0, 0.05) is 7.11 Å². The second kappa shape index (κ2) is 8.93. The largest absolute Gasteiger partial charge is 0.384 e. The van der Waals surface area contributed by atoms with E-state index in [-0.39, 0.29) is 6.61 Å². The maximum atomic E-state index is 9.08. The van der Waals surface area contributed by atoms with E-state index < -0.39 is 11.9 Å². The molecule has 3 N–H and O–H groups in total. The van der Waals surface area contributed by atoms with E-state index >= 15 is 0 Å². The van der Waals surface area contributed by atoms with Crippen LogP contribution in [0.2, 0.25) is 0 Å². The van der Waals surface area contributed by atoms with Gasteiger partial charge in [0.2, 0.25) is 0 Å². The van der Waals surface area contributed by atoms with E-state index in [1.54, 1.807) is 0 Å². The molecule has 0 bridgehead atoms. The maximum absolute atomic E-state index is 9.08. The van der Waals surface area contributed by atoms with Crippen molar-refractivity contribution in [2.45, 2.75) is 57.8 Å². The predicted molar refractivity (Wildman–Crippen MR) is 62.7 cm³/mol. The van der Waals surface area contributed by atoms with Crippen LogP contribution >= 0.6 is 0 Å². The van der Waals surface area contributed by atoms with Crippen LogP contribution in [-0.2, 0) is 4.74 Å². The van der Waals surface area contributed by atoms with Gasteiger partial charge in [0.05, 0.1) is 12.5 Å². The number of hydrogen-bond acceptors (Lipinski definition) is 4. The summed E-state index contributed by atoms with van der Waals surface area (Å²) in [4.78, 5) is 0. The number of unbranched alkanes of at least 4 members (excludes halogenated alkanes) is 5. The van der Waals surface area contributed by atoms with E-state index in [2.05, 4.69) is 6.92 Å². The third-order valence-electron chi connectivity index (χ3n) is 2.82. The minimum atomic E-state index is -2.61. The maximum Gasteiger partial charge on any atom is 0.280 e. The first-order valence-electron chi connectivity index (χ1n) is 6.18. The Kier molecular flexibility index (Phi) is 8.84. The van der Waals surface area contributed by atoms with Gasteiger partial charge in [-0.3, -0.25) is 0 Å². The third kappa shape index (κ3) is 8.05. The van der Waals surface area contributed by atoms with E-state index in [0.29, 0.717) is 6.42 Å². The molecular weight excluding hydrogens is 208 g/mol. The van der Waals surface area contributed by atoms with E-state index in [9.17, 15) is 0 Å². The molecule has 0 saturated carbocycles. The number of hydrogen-bond donors (Lipinski definition) is 3. The van der Waals surface area contributed by atoms with Crippen molar-refractivity contribution >= 4 is 0 Å². The van der Waals surface area contributed by atoms with Crippen molar-refractivity contribution in [1.82, 2.24) is 0 Å². The minimum absolute atomic E-state index is 0.165. The molecule has 16 heavy (non-hydrogen) atoms. The monoisotopic (exact) mass is 234 g/mol. The molecule has 4 heteroatoms. The van der Waals surface area contributed by atoms with Crippen LogP contribution in [0.4, 0.5) is 0 Å². The lowest BCUT2D eigenvalue weighted by Crippen LogP contribution is -2.39. The molecule has 1 unspecified atom stereocenters. The summed E-state index contributed by atoms with van der Waals surface area (Å²) in [5.41, 5.74) is 0. The van der Waals surface area contributed by atoms with Crippen LogP contribution in [0.25, 0.3) is 0 Å². The molecule has 1 atom stereocenters. The van der Waals surface area contributed by atoms with Gasteiger partial charge in [0.25, 0.3) is 5.97 Å². The summed E-state index contributed by atoms with van der Waals surface area (Å²) >= 11 is 0. The Balaban J connectivity index is 3.61. The summed E-state index contributed by atoms with van der Waals surface area (Å²) in [6.07, 6.45) is 7.41. The van der Waals surface area contributed by atoms with Crippen LogP contribution in [0.1, 0.15) is 51.9 Å². The standard InChI is InChI=1S/C12H26O4/c1-3-4-5-6-7-8-9-11(10-16-2)12(13,14)15/h11,13-15H,3-10H2,1-2H3. The summed E-state index contributed by atoms with van der Waals surface area (Å²) < 4.78 is 4.85. The van der Waals surface area contributed by atoms with Crippen molar-refractivity contribution in [3.8, 4) is 0 Å². The van der Waals surface area contributed by atoms with Gasteiger partial charge in [-0.05, 0) is 6.42 Å². The zero-order valence-corrected chi connectivity index (χ0v) is 10.5. The molecule has 0 rings (SSSR count). The number of methoxy groups -OCH3 is 1. The molecule has 0 aromatic heterocycles. The van der Waals surface area contributed by atoms with Gasteiger partial charge < -0.3 is 20.1 Å². The predicted octanol–water partition coefficient (Wildman–Crippen LogP) is 1.63. The van der Waals surface area contributed by atoms with Crippen LogP contribution in [-0.4, -0.2) is 35.0 Å². The molecule has 0 aromatic carbocycles. The van der Waals surface area contributed by atoms with E-state index in [1.807, 2.05) is 0 Å². The molecule has 0 aliphatic heterocycles. The Bertz CT molecular complexity index is 154. The molecule has 0 heterocycles. The number of aliphatic hydroxyl groups is 3. The molecule has 4 nitrogen and oxygen atoms in total. The number of rotatable bonds is 10. The van der Waals surface area contributed by atoms with Crippen molar-refractivity contribution in [2.24, 2.45) is 5.92 Å².